The maximum absolute atomic E-state index is 10.8. The third kappa shape index (κ3) is 4.84. The third-order valence-corrected chi connectivity index (χ3v) is 2.36. The minimum atomic E-state index is -0.445. The van der Waals surface area contributed by atoms with Gasteiger partial charge in [-0.1, -0.05) is 0 Å². The summed E-state index contributed by atoms with van der Waals surface area (Å²) in [6.45, 7) is 2.04. The predicted molar refractivity (Wildman–Crippen MR) is 65.0 cm³/mol. The van der Waals surface area contributed by atoms with Crippen LogP contribution in [0.4, 0.5) is 0 Å². The first kappa shape index (κ1) is 13.5. The number of rotatable bonds is 7. The molecule has 1 rings (SSSR count). The molecule has 1 aromatic rings. The molecule has 0 saturated carbocycles. The van der Waals surface area contributed by atoms with Crippen molar-refractivity contribution in [1.29, 1.82) is 0 Å². The van der Waals surface area contributed by atoms with Gasteiger partial charge in [0.05, 0.1) is 6.61 Å². The van der Waals surface area contributed by atoms with Crippen molar-refractivity contribution in [2.75, 3.05) is 33.4 Å². The van der Waals surface area contributed by atoms with Crippen LogP contribution >= 0.6 is 0 Å². The van der Waals surface area contributed by atoms with E-state index in [-0.39, 0.29) is 6.61 Å². The van der Waals surface area contributed by atoms with Gasteiger partial charge in [-0.15, -0.1) is 0 Å². The van der Waals surface area contributed by atoms with E-state index in [0.717, 1.165) is 6.54 Å². The summed E-state index contributed by atoms with van der Waals surface area (Å²) in [4.78, 5) is 12.8. The molecule has 0 aliphatic rings. The van der Waals surface area contributed by atoms with E-state index >= 15 is 0 Å². The van der Waals surface area contributed by atoms with Crippen LogP contribution in [0.1, 0.15) is 10.4 Å². The molecular formula is C12H18N2O3. The molecule has 0 unspecified atom stereocenters. The minimum absolute atomic E-state index is 0.143. The van der Waals surface area contributed by atoms with E-state index in [2.05, 4.69) is 0 Å². The summed E-state index contributed by atoms with van der Waals surface area (Å²) >= 11 is 0. The van der Waals surface area contributed by atoms with Gasteiger partial charge in [-0.3, -0.25) is 4.79 Å². The Balaban J connectivity index is 2.34. The summed E-state index contributed by atoms with van der Waals surface area (Å²) in [5, 5.41) is 8.71. The number of hydrogen-bond acceptors (Lipinski definition) is 4. The van der Waals surface area contributed by atoms with Crippen LogP contribution in [0, 0.1) is 0 Å². The molecule has 5 nitrogen and oxygen atoms in total. The van der Waals surface area contributed by atoms with Gasteiger partial charge >= 0.3 is 0 Å². The van der Waals surface area contributed by atoms with Crippen LogP contribution in [-0.4, -0.2) is 49.3 Å². The van der Waals surface area contributed by atoms with E-state index in [9.17, 15) is 4.79 Å². The maximum Gasteiger partial charge on any atom is 0.248 e. The van der Waals surface area contributed by atoms with Crippen LogP contribution in [0.2, 0.25) is 0 Å². The van der Waals surface area contributed by atoms with E-state index in [0.29, 0.717) is 24.5 Å². The van der Waals surface area contributed by atoms with Crippen molar-refractivity contribution in [1.82, 2.24) is 4.90 Å². The number of likely N-dealkylation sites (N-methyl/N-ethyl adjacent to an activating group) is 1. The van der Waals surface area contributed by atoms with E-state index in [1.807, 2.05) is 11.9 Å². The molecule has 1 aromatic carbocycles. The topological polar surface area (TPSA) is 75.8 Å². The van der Waals surface area contributed by atoms with Gasteiger partial charge in [0, 0.05) is 18.7 Å². The van der Waals surface area contributed by atoms with Crippen molar-refractivity contribution in [2.45, 2.75) is 0 Å². The maximum atomic E-state index is 10.8. The predicted octanol–water partition coefficient (Wildman–Crippen LogP) is 0.0884. The standard InChI is InChI=1S/C12H18N2O3/c1-14(6-8-15)7-9-17-11-4-2-10(3-5-11)12(13)16/h2-5,15H,6-9H2,1H3,(H2,13,16). The Labute approximate surface area is 101 Å². The quantitative estimate of drug-likeness (QED) is 0.706. The van der Waals surface area contributed by atoms with Crippen molar-refractivity contribution in [3.05, 3.63) is 29.8 Å². The molecule has 5 heteroatoms. The fraction of sp³-hybridized carbons (Fsp3) is 0.417. The SMILES string of the molecule is CN(CCO)CCOc1ccc(C(N)=O)cc1. The number of hydrogen-bond donors (Lipinski definition) is 2. The van der Waals surface area contributed by atoms with E-state index in [4.69, 9.17) is 15.6 Å². The lowest BCUT2D eigenvalue weighted by molar-refractivity contribution is 0.100. The molecule has 0 atom stereocenters. The summed E-state index contributed by atoms with van der Waals surface area (Å²) in [5.74, 6) is 0.256. The molecule has 0 aliphatic heterocycles. The fourth-order valence-corrected chi connectivity index (χ4v) is 1.32. The first-order chi connectivity index (χ1) is 8.13. The summed E-state index contributed by atoms with van der Waals surface area (Å²) in [6.07, 6.45) is 0. The highest BCUT2D eigenvalue weighted by Gasteiger charge is 2.01. The normalized spacial score (nSPS) is 10.5. The molecule has 0 radical (unpaired) electrons. The average molecular weight is 238 g/mol. The molecule has 0 bridgehead atoms. The minimum Gasteiger partial charge on any atom is -0.492 e. The summed E-state index contributed by atoms with van der Waals surface area (Å²) in [5.41, 5.74) is 5.59. The second kappa shape index (κ2) is 6.88. The molecule has 0 aromatic heterocycles. The van der Waals surface area contributed by atoms with Gasteiger partial charge in [0.2, 0.25) is 5.91 Å². The lowest BCUT2D eigenvalue weighted by atomic mass is 10.2. The smallest absolute Gasteiger partial charge is 0.248 e. The second-order valence-electron chi connectivity index (χ2n) is 3.76. The van der Waals surface area contributed by atoms with Crippen LogP contribution in [-0.2, 0) is 0 Å². The molecule has 1 amide bonds. The Morgan fingerprint density at radius 2 is 2.00 bits per heavy atom. The van der Waals surface area contributed by atoms with E-state index in [1.54, 1.807) is 24.3 Å². The van der Waals surface area contributed by atoms with Crippen LogP contribution in [0.3, 0.4) is 0 Å². The highest BCUT2D eigenvalue weighted by molar-refractivity contribution is 5.92. The number of aliphatic hydroxyl groups excluding tert-OH is 1. The number of ether oxygens (including phenoxy) is 1. The molecule has 94 valence electrons. The highest BCUT2D eigenvalue weighted by Crippen LogP contribution is 2.11. The third-order valence-electron chi connectivity index (χ3n) is 2.36. The van der Waals surface area contributed by atoms with Crippen molar-refractivity contribution in [3.8, 4) is 5.75 Å². The van der Waals surface area contributed by atoms with Gasteiger partial charge in [0.1, 0.15) is 12.4 Å². The number of benzene rings is 1. The zero-order chi connectivity index (χ0) is 12.7. The number of nitrogens with zero attached hydrogens (tertiary/aromatic N) is 1. The molecule has 0 heterocycles. The molecular weight excluding hydrogens is 220 g/mol. The van der Waals surface area contributed by atoms with Crippen molar-refractivity contribution < 1.29 is 14.6 Å². The van der Waals surface area contributed by atoms with E-state index < -0.39 is 5.91 Å². The summed E-state index contributed by atoms with van der Waals surface area (Å²) in [6, 6.07) is 6.70. The molecule has 0 spiro atoms. The average Bonchev–Trinajstić information content (AvgIpc) is 2.30. The van der Waals surface area contributed by atoms with Crippen LogP contribution < -0.4 is 10.5 Å². The Morgan fingerprint density at radius 1 is 1.35 bits per heavy atom. The lowest BCUT2D eigenvalue weighted by Gasteiger charge is -2.15. The first-order valence-corrected chi connectivity index (χ1v) is 5.45. The highest BCUT2D eigenvalue weighted by atomic mass is 16.5. The first-order valence-electron chi connectivity index (χ1n) is 5.45. The molecule has 0 fully saturated rings. The second-order valence-corrected chi connectivity index (χ2v) is 3.76. The van der Waals surface area contributed by atoms with Crippen LogP contribution in [0.25, 0.3) is 0 Å². The van der Waals surface area contributed by atoms with Crippen molar-refractivity contribution in [3.63, 3.8) is 0 Å². The van der Waals surface area contributed by atoms with Gasteiger partial charge in [0.15, 0.2) is 0 Å². The largest absolute Gasteiger partial charge is 0.492 e. The van der Waals surface area contributed by atoms with Crippen molar-refractivity contribution >= 4 is 5.91 Å². The Bertz CT molecular complexity index is 351. The Hall–Kier alpha value is -1.59. The van der Waals surface area contributed by atoms with Crippen LogP contribution in [0.5, 0.6) is 5.75 Å². The number of primary amides is 1. The zero-order valence-corrected chi connectivity index (χ0v) is 9.93. The molecule has 17 heavy (non-hydrogen) atoms. The number of carbonyl (C=O) groups is 1. The number of carbonyl (C=O) groups excluding carboxylic acids is 1. The molecule has 0 saturated heterocycles. The van der Waals surface area contributed by atoms with Gasteiger partial charge < -0.3 is 20.5 Å². The number of aliphatic hydroxyl groups is 1. The zero-order valence-electron chi connectivity index (χ0n) is 9.93. The lowest BCUT2D eigenvalue weighted by Crippen LogP contribution is -2.27. The van der Waals surface area contributed by atoms with E-state index in [1.165, 1.54) is 0 Å². The monoisotopic (exact) mass is 238 g/mol. The fourth-order valence-electron chi connectivity index (χ4n) is 1.32. The number of nitrogens with two attached hydrogens (primary N) is 1. The number of amides is 1. The molecule has 0 aliphatic carbocycles. The Morgan fingerprint density at radius 3 is 2.53 bits per heavy atom. The van der Waals surface area contributed by atoms with Gasteiger partial charge in [-0.2, -0.15) is 0 Å². The van der Waals surface area contributed by atoms with Gasteiger partial charge in [-0.05, 0) is 31.3 Å². The van der Waals surface area contributed by atoms with Crippen LogP contribution in [0.15, 0.2) is 24.3 Å². The molecule has 3 N–H and O–H groups in total. The summed E-state index contributed by atoms with van der Waals surface area (Å²) in [7, 11) is 1.91. The summed E-state index contributed by atoms with van der Waals surface area (Å²) < 4.78 is 5.48. The van der Waals surface area contributed by atoms with Crippen molar-refractivity contribution in [2.24, 2.45) is 5.73 Å². The Kier molecular flexibility index (Phi) is 5.45. The van der Waals surface area contributed by atoms with Gasteiger partial charge in [-0.25, -0.2) is 0 Å². The van der Waals surface area contributed by atoms with Gasteiger partial charge in [0.25, 0.3) is 0 Å².